The van der Waals surface area contributed by atoms with E-state index in [2.05, 4.69) is 14.7 Å². The van der Waals surface area contributed by atoms with Crippen LogP contribution in [-0.2, 0) is 10.0 Å². The number of nitrogens with one attached hydrogen (secondary N) is 1. The number of para-hydroxylation sites is 2. The average molecular weight is 504 g/mol. The summed E-state index contributed by atoms with van der Waals surface area (Å²) in [6.45, 7) is 0. The third-order valence-electron chi connectivity index (χ3n) is 5.36. The van der Waals surface area contributed by atoms with Crippen LogP contribution in [0.4, 0.5) is 11.6 Å². The van der Waals surface area contributed by atoms with Crippen molar-refractivity contribution in [3.8, 4) is 16.8 Å². The van der Waals surface area contributed by atoms with Crippen LogP contribution in [0.3, 0.4) is 0 Å². The molecule has 35 heavy (non-hydrogen) atoms. The molecule has 5 aromatic rings. The predicted molar refractivity (Wildman–Crippen MR) is 137 cm³/mol. The number of nitrogens with two attached hydrogens (primary N) is 1. The Hall–Kier alpha value is -4.21. The summed E-state index contributed by atoms with van der Waals surface area (Å²) in [5.41, 5.74) is 8.16. The highest BCUT2D eigenvalue weighted by atomic mass is 35.5. The van der Waals surface area contributed by atoms with Gasteiger partial charge in [-0.2, -0.15) is 0 Å². The van der Waals surface area contributed by atoms with Crippen molar-refractivity contribution in [1.82, 2.24) is 14.5 Å². The molecule has 0 bridgehead atoms. The Kier molecular flexibility index (Phi) is 5.72. The number of hydrogen-bond acceptors (Lipinski definition) is 6. The number of nitrogens with zero attached hydrogens (tertiary/aromatic N) is 3. The Morgan fingerprint density at radius 1 is 0.886 bits per heavy atom. The smallest absolute Gasteiger partial charge is 0.267 e. The van der Waals surface area contributed by atoms with Crippen LogP contribution < -0.4 is 16.0 Å². The third-order valence-corrected chi connectivity index (χ3v) is 7.17. The zero-order chi connectivity index (χ0) is 24.6. The molecule has 8 nitrogen and oxygen atoms in total. The van der Waals surface area contributed by atoms with Crippen molar-refractivity contribution in [2.75, 3.05) is 10.5 Å². The number of pyridine rings is 1. The molecule has 5 rings (SSSR count). The first kappa shape index (κ1) is 22.6. The molecule has 0 unspecified atom stereocenters. The number of benzene rings is 3. The van der Waals surface area contributed by atoms with Crippen LogP contribution in [0.15, 0.2) is 101 Å². The van der Waals surface area contributed by atoms with Gasteiger partial charge in [-0.1, -0.05) is 54.1 Å². The first-order valence-corrected chi connectivity index (χ1v) is 12.3. The largest absolute Gasteiger partial charge is 0.369 e. The first-order valence-electron chi connectivity index (χ1n) is 10.4. The zero-order valence-corrected chi connectivity index (χ0v) is 19.7. The second-order valence-electron chi connectivity index (χ2n) is 7.66. The molecule has 174 valence electrons. The number of rotatable bonds is 5. The van der Waals surface area contributed by atoms with Gasteiger partial charge in [0, 0.05) is 17.4 Å². The summed E-state index contributed by atoms with van der Waals surface area (Å²) >= 11 is 6.15. The number of anilines is 2. The summed E-state index contributed by atoms with van der Waals surface area (Å²) in [5, 5.41) is 0.154. The lowest BCUT2D eigenvalue weighted by Crippen LogP contribution is -2.23. The first-order chi connectivity index (χ1) is 16.8. The van der Waals surface area contributed by atoms with E-state index in [-0.39, 0.29) is 21.6 Å². The molecule has 0 saturated heterocycles. The minimum absolute atomic E-state index is 0.0648. The molecule has 0 aliphatic heterocycles. The summed E-state index contributed by atoms with van der Waals surface area (Å²) < 4.78 is 29.8. The fourth-order valence-electron chi connectivity index (χ4n) is 3.70. The fourth-order valence-corrected chi connectivity index (χ4v) is 5.22. The van der Waals surface area contributed by atoms with E-state index in [4.69, 9.17) is 17.3 Å². The van der Waals surface area contributed by atoms with Crippen LogP contribution in [0.5, 0.6) is 0 Å². The fraction of sp³-hybridized carbons (Fsp3) is 0. The summed E-state index contributed by atoms with van der Waals surface area (Å²) in [6.07, 6.45) is 1.45. The van der Waals surface area contributed by atoms with Crippen LogP contribution in [0.25, 0.3) is 27.7 Å². The Morgan fingerprint density at radius 2 is 1.57 bits per heavy atom. The number of halogens is 1. The standard InChI is InChI=1S/C25H18ClN5O3S/c26-23-22(35(33,34)30-18-7-3-1-4-8-18)14-17(15-28-23)16-11-12-21-20(13-16)24(32)31(25(27)29-21)19-9-5-2-6-10-19/h1-15,30H,(H2,27,29). The lowest BCUT2D eigenvalue weighted by molar-refractivity contribution is 0.601. The molecule has 0 fully saturated rings. The average Bonchev–Trinajstić information content (AvgIpc) is 2.85. The lowest BCUT2D eigenvalue weighted by atomic mass is 10.1. The zero-order valence-electron chi connectivity index (χ0n) is 18.1. The van der Waals surface area contributed by atoms with Gasteiger partial charge in [-0.25, -0.2) is 23.0 Å². The molecule has 2 aromatic heterocycles. The highest BCUT2D eigenvalue weighted by Crippen LogP contribution is 2.29. The van der Waals surface area contributed by atoms with Crippen LogP contribution in [0.2, 0.25) is 5.15 Å². The van der Waals surface area contributed by atoms with E-state index in [9.17, 15) is 13.2 Å². The van der Waals surface area contributed by atoms with E-state index in [1.54, 1.807) is 72.8 Å². The normalized spacial score (nSPS) is 11.5. The number of aromatic nitrogens is 3. The van der Waals surface area contributed by atoms with Gasteiger partial charge in [0.1, 0.15) is 10.0 Å². The van der Waals surface area contributed by atoms with Crippen LogP contribution >= 0.6 is 11.6 Å². The third kappa shape index (κ3) is 4.34. The maximum atomic E-state index is 13.3. The molecular formula is C25H18ClN5O3S. The maximum absolute atomic E-state index is 13.3. The van der Waals surface area contributed by atoms with Gasteiger partial charge in [0.25, 0.3) is 15.6 Å². The van der Waals surface area contributed by atoms with Crippen molar-refractivity contribution in [3.05, 3.63) is 107 Å². The van der Waals surface area contributed by atoms with Crippen molar-refractivity contribution >= 4 is 44.2 Å². The maximum Gasteiger partial charge on any atom is 0.267 e. The van der Waals surface area contributed by atoms with Crippen molar-refractivity contribution in [2.24, 2.45) is 0 Å². The van der Waals surface area contributed by atoms with Gasteiger partial charge in [0.15, 0.2) is 0 Å². The van der Waals surface area contributed by atoms with Crippen molar-refractivity contribution in [2.45, 2.75) is 4.90 Å². The molecule has 0 radical (unpaired) electrons. The number of sulfonamides is 1. The second-order valence-corrected chi connectivity index (χ2v) is 9.67. The number of nitrogen functional groups attached to an aromatic ring is 1. The SMILES string of the molecule is Nc1nc2ccc(-c3cnc(Cl)c(S(=O)(=O)Nc4ccccc4)c3)cc2c(=O)n1-c1ccccc1. The molecule has 0 aliphatic carbocycles. The minimum Gasteiger partial charge on any atom is -0.369 e. The van der Waals surface area contributed by atoms with Crippen LogP contribution in [-0.4, -0.2) is 23.0 Å². The van der Waals surface area contributed by atoms with Gasteiger partial charge in [-0.05, 0) is 48.0 Å². The van der Waals surface area contributed by atoms with E-state index in [1.165, 1.54) is 16.8 Å². The van der Waals surface area contributed by atoms with Gasteiger partial charge in [-0.15, -0.1) is 0 Å². The molecule has 2 heterocycles. The second kappa shape index (κ2) is 8.86. The van der Waals surface area contributed by atoms with E-state index >= 15 is 0 Å². The van der Waals surface area contributed by atoms with Gasteiger partial charge in [0.05, 0.1) is 16.6 Å². The molecule has 0 amide bonds. The van der Waals surface area contributed by atoms with E-state index in [0.717, 1.165) is 0 Å². The van der Waals surface area contributed by atoms with Crippen LogP contribution in [0, 0.1) is 0 Å². The van der Waals surface area contributed by atoms with E-state index < -0.39 is 10.0 Å². The molecule has 3 aromatic carbocycles. The van der Waals surface area contributed by atoms with Crippen LogP contribution in [0.1, 0.15) is 0 Å². The molecule has 0 aliphatic rings. The molecule has 10 heteroatoms. The molecule has 0 spiro atoms. The Labute approximate surface area is 205 Å². The van der Waals surface area contributed by atoms with Crippen molar-refractivity contribution < 1.29 is 8.42 Å². The monoisotopic (exact) mass is 503 g/mol. The number of fused-ring (bicyclic) bond motifs is 1. The van der Waals surface area contributed by atoms with Gasteiger partial charge >= 0.3 is 0 Å². The highest BCUT2D eigenvalue weighted by Gasteiger charge is 2.21. The number of hydrogen-bond donors (Lipinski definition) is 2. The Bertz CT molecular complexity index is 1720. The lowest BCUT2D eigenvalue weighted by Gasteiger charge is -2.12. The molecule has 0 saturated carbocycles. The minimum atomic E-state index is -4.01. The van der Waals surface area contributed by atoms with Gasteiger partial charge in [0.2, 0.25) is 5.95 Å². The summed E-state index contributed by atoms with van der Waals surface area (Å²) in [4.78, 5) is 21.6. The van der Waals surface area contributed by atoms with Gasteiger partial charge < -0.3 is 5.73 Å². The predicted octanol–water partition coefficient (Wildman–Crippen LogP) is 4.48. The van der Waals surface area contributed by atoms with E-state index in [1.807, 2.05) is 6.07 Å². The summed E-state index contributed by atoms with van der Waals surface area (Å²) in [5.74, 6) is 0.0648. The topological polar surface area (TPSA) is 120 Å². The Balaban J connectivity index is 1.61. The van der Waals surface area contributed by atoms with E-state index in [0.29, 0.717) is 33.4 Å². The molecule has 0 atom stereocenters. The van der Waals surface area contributed by atoms with Crippen molar-refractivity contribution in [3.63, 3.8) is 0 Å². The summed E-state index contributed by atoms with van der Waals surface area (Å²) in [7, 11) is -4.01. The Morgan fingerprint density at radius 3 is 2.29 bits per heavy atom. The molecular weight excluding hydrogens is 486 g/mol. The molecule has 3 N–H and O–H groups in total. The quantitative estimate of drug-likeness (QED) is 0.341. The highest BCUT2D eigenvalue weighted by molar-refractivity contribution is 7.92. The van der Waals surface area contributed by atoms with Crippen molar-refractivity contribution in [1.29, 1.82) is 0 Å². The summed E-state index contributed by atoms with van der Waals surface area (Å²) in [6, 6.07) is 23.8. The van der Waals surface area contributed by atoms with Gasteiger partial charge in [-0.3, -0.25) is 9.52 Å².